The molecule has 2 rings (SSSR count). The molecule has 176 valence electrons. The van der Waals surface area contributed by atoms with Crippen molar-refractivity contribution >= 4 is 13.7 Å². The van der Waals surface area contributed by atoms with Crippen LogP contribution >= 0.6 is 7.82 Å². The second-order valence-electron chi connectivity index (χ2n) is 7.47. The summed E-state index contributed by atoms with van der Waals surface area (Å²) >= 11 is 0. The predicted octanol–water partition coefficient (Wildman–Crippen LogP) is 5.64. The smallest absolute Gasteiger partial charge is 0.346 e. The van der Waals surface area contributed by atoms with E-state index in [2.05, 4.69) is 0 Å². The molecule has 0 fully saturated rings. The molecular weight excluding hydrogens is 446 g/mol. The molecule has 1 amide bonds. The Bertz CT molecular complexity index is 833. The fraction of sp³-hybridized carbons (Fsp3) is 0.409. The second-order valence-corrected chi connectivity index (χ2v) is 9.14. The maximum Gasteiger partial charge on any atom is 0.475 e. The van der Waals surface area contributed by atoms with Gasteiger partial charge >= 0.3 is 19.9 Å². The number of phosphoric ester groups is 1. The molecule has 2 unspecified atom stereocenters. The number of rotatable bonds is 12. The van der Waals surface area contributed by atoms with E-state index in [1.54, 1.807) is 31.2 Å². The lowest BCUT2D eigenvalue weighted by Gasteiger charge is -2.22. The number of halogens is 3. The minimum Gasteiger partial charge on any atom is -0.346 e. The van der Waals surface area contributed by atoms with Gasteiger partial charge in [0.05, 0.1) is 19.8 Å². The summed E-state index contributed by atoms with van der Waals surface area (Å²) in [5.74, 6) is -2.33. The van der Waals surface area contributed by atoms with Gasteiger partial charge in [-0.2, -0.15) is 13.2 Å². The highest BCUT2D eigenvalue weighted by molar-refractivity contribution is 7.48. The number of hydrogen-bond donors (Lipinski definition) is 1. The van der Waals surface area contributed by atoms with Gasteiger partial charge in [0, 0.05) is 6.04 Å². The van der Waals surface area contributed by atoms with Crippen LogP contribution in [0.4, 0.5) is 13.2 Å². The quantitative estimate of drug-likeness (QED) is 0.404. The van der Waals surface area contributed by atoms with Crippen LogP contribution in [0.15, 0.2) is 60.7 Å². The lowest BCUT2D eigenvalue weighted by molar-refractivity contribution is -0.174. The summed E-state index contributed by atoms with van der Waals surface area (Å²) in [6.45, 7) is 3.07. The first-order valence-electron chi connectivity index (χ1n) is 10.1. The average Bonchev–Trinajstić information content (AvgIpc) is 2.76. The monoisotopic (exact) mass is 473 g/mol. The van der Waals surface area contributed by atoms with Crippen molar-refractivity contribution in [2.75, 3.05) is 6.61 Å². The van der Waals surface area contributed by atoms with Gasteiger partial charge in [-0.1, -0.05) is 67.6 Å². The zero-order valence-corrected chi connectivity index (χ0v) is 18.8. The third kappa shape index (κ3) is 9.53. The van der Waals surface area contributed by atoms with E-state index in [1.807, 2.05) is 41.7 Å². The summed E-state index contributed by atoms with van der Waals surface area (Å²) < 4.78 is 66.8. The first-order chi connectivity index (χ1) is 15.1. The molecule has 6 nitrogen and oxygen atoms in total. The summed E-state index contributed by atoms with van der Waals surface area (Å²) in [7, 11) is -3.97. The van der Waals surface area contributed by atoms with Crippen molar-refractivity contribution in [1.29, 1.82) is 0 Å². The molecule has 1 N–H and O–H groups in total. The van der Waals surface area contributed by atoms with Gasteiger partial charge in [0.2, 0.25) is 0 Å². The Labute approximate surface area is 185 Å². The molecule has 0 aliphatic heterocycles. The second kappa shape index (κ2) is 12.2. The van der Waals surface area contributed by atoms with Crippen LogP contribution in [0.5, 0.6) is 0 Å². The number of hydrogen-bond acceptors (Lipinski definition) is 5. The fourth-order valence-electron chi connectivity index (χ4n) is 2.82. The Hall–Kier alpha value is -2.19. The highest BCUT2D eigenvalue weighted by Crippen LogP contribution is 2.51. The van der Waals surface area contributed by atoms with Gasteiger partial charge in [-0.15, -0.1) is 0 Å². The van der Waals surface area contributed by atoms with E-state index in [0.717, 1.165) is 11.1 Å². The molecule has 0 aliphatic rings. The van der Waals surface area contributed by atoms with Gasteiger partial charge in [0.1, 0.15) is 0 Å². The number of carbonyl (C=O) groups is 1. The van der Waals surface area contributed by atoms with E-state index in [-0.39, 0.29) is 32.2 Å². The molecule has 0 saturated heterocycles. The molecule has 0 aliphatic carbocycles. The van der Waals surface area contributed by atoms with E-state index in [9.17, 15) is 22.5 Å². The Morgan fingerprint density at radius 1 is 0.906 bits per heavy atom. The van der Waals surface area contributed by atoms with Crippen LogP contribution in [0.1, 0.15) is 31.4 Å². The highest BCUT2D eigenvalue weighted by Gasteiger charge is 2.39. The van der Waals surface area contributed by atoms with E-state index < -0.39 is 25.9 Å². The molecule has 0 bridgehead atoms. The van der Waals surface area contributed by atoms with E-state index in [4.69, 9.17) is 13.6 Å². The van der Waals surface area contributed by atoms with Gasteiger partial charge in [-0.3, -0.25) is 18.4 Å². The third-order valence-electron chi connectivity index (χ3n) is 4.37. The predicted molar refractivity (Wildman–Crippen MR) is 113 cm³/mol. The zero-order chi connectivity index (χ0) is 23.6. The molecule has 0 aromatic heterocycles. The lowest BCUT2D eigenvalue weighted by atomic mass is 10.0. The Balaban J connectivity index is 1.93. The summed E-state index contributed by atoms with van der Waals surface area (Å²) in [6, 6.07) is 17.4. The van der Waals surface area contributed by atoms with Crippen LogP contribution in [0.3, 0.4) is 0 Å². The molecule has 2 atom stereocenters. The largest absolute Gasteiger partial charge is 0.475 e. The van der Waals surface area contributed by atoms with Gasteiger partial charge < -0.3 is 5.32 Å². The van der Waals surface area contributed by atoms with Crippen molar-refractivity contribution in [2.45, 2.75) is 45.7 Å². The Morgan fingerprint density at radius 3 is 1.81 bits per heavy atom. The fourth-order valence-corrected chi connectivity index (χ4v) is 4.10. The number of phosphoric acid groups is 1. The molecule has 0 radical (unpaired) electrons. The van der Waals surface area contributed by atoms with Crippen LogP contribution in [-0.4, -0.2) is 24.7 Å². The summed E-state index contributed by atoms with van der Waals surface area (Å²) in [5, 5.41) is 1.89. The first-order valence-corrected chi connectivity index (χ1v) is 11.5. The van der Waals surface area contributed by atoms with E-state index in [0.29, 0.717) is 0 Å². The third-order valence-corrected chi connectivity index (χ3v) is 5.73. The van der Waals surface area contributed by atoms with Crippen molar-refractivity contribution in [3.63, 3.8) is 0 Å². The molecule has 10 heteroatoms. The van der Waals surface area contributed by atoms with Crippen LogP contribution in [0.2, 0.25) is 0 Å². The Morgan fingerprint density at radius 2 is 1.38 bits per heavy atom. The lowest BCUT2D eigenvalue weighted by Crippen LogP contribution is -2.42. The number of benzene rings is 2. The topological polar surface area (TPSA) is 73.9 Å². The number of alkyl halides is 3. The van der Waals surface area contributed by atoms with E-state index >= 15 is 0 Å². The summed E-state index contributed by atoms with van der Waals surface area (Å²) in [5.41, 5.74) is 1.55. The van der Waals surface area contributed by atoms with Gasteiger partial charge in [-0.05, 0) is 30.4 Å². The first kappa shape index (κ1) is 26.1. The van der Waals surface area contributed by atoms with Crippen molar-refractivity contribution in [3.8, 4) is 0 Å². The summed E-state index contributed by atoms with van der Waals surface area (Å²) in [6.07, 6.45) is -4.76. The van der Waals surface area contributed by atoms with Gasteiger partial charge in [-0.25, -0.2) is 4.57 Å². The van der Waals surface area contributed by atoms with Crippen LogP contribution in [0, 0.1) is 5.92 Å². The summed E-state index contributed by atoms with van der Waals surface area (Å²) in [4.78, 5) is 11.1. The minimum atomic E-state index is -4.94. The van der Waals surface area contributed by atoms with Crippen molar-refractivity contribution in [3.05, 3.63) is 71.8 Å². The van der Waals surface area contributed by atoms with Crippen molar-refractivity contribution in [2.24, 2.45) is 5.92 Å². The van der Waals surface area contributed by atoms with Crippen LogP contribution < -0.4 is 5.32 Å². The molecule has 0 spiro atoms. The normalized spacial score (nSPS) is 14.0. The molecule has 32 heavy (non-hydrogen) atoms. The van der Waals surface area contributed by atoms with Crippen LogP contribution in [-0.2, 0) is 36.1 Å². The molecular formula is C22H27F3NO5P. The molecule has 0 saturated carbocycles. The van der Waals surface area contributed by atoms with Crippen molar-refractivity contribution in [1.82, 2.24) is 5.32 Å². The number of carbonyl (C=O) groups excluding carboxylic acids is 1. The SMILES string of the molecule is CC(COP(=O)(OCc1ccccc1)OCc1ccccc1)CC(C)NC(=O)C(F)(F)F. The van der Waals surface area contributed by atoms with Crippen molar-refractivity contribution < 1.29 is 36.1 Å². The highest BCUT2D eigenvalue weighted by atomic mass is 31.2. The minimum absolute atomic E-state index is 0.000663. The Kier molecular flexibility index (Phi) is 9.90. The maximum atomic E-state index is 13.2. The van der Waals surface area contributed by atoms with E-state index in [1.165, 1.54) is 6.92 Å². The van der Waals surface area contributed by atoms with Gasteiger partial charge in [0.15, 0.2) is 0 Å². The van der Waals surface area contributed by atoms with Crippen LogP contribution in [0.25, 0.3) is 0 Å². The maximum absolute atomic E-state index is 13.2. The van der Waals surface area contributed by atoms with Gasteiger partial charge in [0.25, 0.3) is 0 Å². The molecule has 2 aromatic carbocycles. The molecule has 0 heterocycles. The number of amides is 1. The zero-order valence-electron chi connectivity index (χ0n) is 17.9. The standard InChI is InChI=1S/C22H27F3NO5P/c1-17(13-18(2)26-21(27)22(23,24)25)14-29-32(28,30-15-19-9-5-3-6-10-19)31-16-20-11-7-4-8-12-20/h3-12,17-18H,13-16H2,1-2H3,(H,26,27). The average molecular weight is 473 g/mol. The molecule has 2 aromatic rings. The number of nitrogens with one attached hydrogen (secondary N) is 1.